The maximum absolute atomic E-state index is 2.33. The summed E-state index contributed by atoms with van der Waals surface area (Å²) in [5.74, 6) is 0. The monoisotopic (exact) mass is 304 g/mol. The molecule has 0 aliphatic rings. The van der Waals surface area contributed by atoms with Gasteiger partial charge in [-0.1, -0.05) is 84.9 Å². The van der Waals surface area contributed by atoms with Crippen molar-refractivity contribution in [3.05, 3.63) is 97.1 Å². The molecular weight excluding hydrogens is 288 g/mol. The van der Waals surface area contributed by atoms with Crippen LogP contribution in [0.5, 0.6) is 0 Å². The fraction of sp³-hybridized carbons (Fsp3) is 0. The van der Waals surface area contributed by atoms with Crippen molar-refractivity contribution in [2.45, 2.75) is 0 Å². The van der Waals surface area contributed by atoms with Gasteiger partial charge in [0.1, 0.15) is 0 Å². The van der Waals surface area contributed by atoms with Gasteiger partial charge < -0.3 is 0 Å². The minimum atomic E-state index is 1.25. The highest BCUT2D eigenvalue weighted by atomic mass is 14.1. The van der Waals surface area contributed by atoms with Gasteiger partial charge in [-0.05, 0) is 55.6 Å². The van der Waals surface area contributed by atoms with Crippen LogP contribution in [-0.4, -0.2) is 0 Å². The SMILES string of the molecule is c1ccc(-c2cccc3ccc4c5ccccc5cc4c3c2)cc1. The Kier molecular flexibility index (Phi) is 2.89. The van der Waals surface area contributed by atoms with Crippen LogP contribution in [0.3, 0.4) is 0 Å². The zero-order valence-electron chi connectivity index (χ0n) is 13.2. The van der Waals surface area contributed by atoms with E-state index < -0.39 is 0 Å². The van der Waals surface area contributed by atoms with Gasteiger partial charge in [-0.2, -0.15) is 0 Å². The molecule has 0 amide bonds. The lowest BCUT2D eigenvalue weighted by Crippen LogP contribution is -1.74. The molecule has 5 aromatic rings. The van der Waals surface area contributed by atoms with Gasteiger partial charge in [0.05, 0.1) is 0 Å². The molecule has 0 bridgehead atoms. The predicted octanol–water partition coefficient (Wildman–Crippen LogP) is 6.81. The summed E-state index contributed by atoms with van der Waals surface area (Å²) < 4.78 is 0. The molecule has 0 aromatic heterocycles. The van der Waals surface area contributed by atoms with Crippen LogP contribution in [0.25, 0.3) is 43.4 Å². The zero-order valence-corrected chi connectivity index (χ0v) is 13.2. The second-order valence-electron chi connectivity index (χ2n) is 6.25. The lowest BCUT2D eigenvalue weighted by atomic mass is 10.0. The van der Waals surface area contributed by atoms with E-state index in [-0.39, 0.29) is 0 Å². The second kappa shape index (κ2) is 5.21. The Labute approximate surface area is 141 Å². The quantitative estimate of drug-likeness (QED) is 0.319. The highest BCUT2D eigenvalue weighted by molar-refractivity contribution is 6.21. The van der Waals surface area contributed by atoms with E-state index in [1.165, 1.54) is 43.4 Å². The average Bonchev–Trinajstić information content (AvgIpc) is 2.87. The third kappa shape index (κ3) is 2.00. The number of benzene rings is 3. The summed E-state index contributed by atoms with van der Waals surface area (Å²) >= 11 is 0. The summed E-state index contributed by atoms with van der Waals surface area (Å²) in [4.78, 5) is 0. The predicted molar refractivity (Wildman–Crippen MR) is 104 cm³/mol. The van der Waals surface area contributed by atoms with Crippen LogP contribution in [0.4, 0.5) is 0 Å². The molecule has 5 aromatic carbocycles. The molecule has 0 radical (unpaired) electrons. The first-order valence-electron chi connectivity index (χ1n) is 8.30. The van der Waals surface area contributed by atoms with E-state index in [1.54, 1.807) is 0 Å². The van der Waals surface area contributed by atoms with Gasteiger partial charge in [0.2, 0.25) is 0 Å². The lowest BCUT2D eigenvalue weighted by Gasteiger charge is -2.00. The van der Waals surface area contributed by atoms with Gasteiger partial charge in [-0.3, -0.25) is 0 Å². The summed E-state index contributed by atoms with van der Waals surface area (Å²) in [6, 6.07) is 34.9. The Morgan fingerprint density at radius 2 is 1.08 bits per heavy atom. The van der Waals surface area contributed by atoms with E-state index in [9.17, 15) is 0 Å². The molecule has 0 atom stereocenters. The van der Waals surface area contributed by atoms with Crippen LogP contribution < -0.4 is 0 Å². The van der Waals surface area contributed by atoms with E-state index in [1.807, 2.05) is 0 Å². The van der Waals surface area contributed by atoms with Crippen molar-refractivity contribution in [1.29, 1.82) is 0 Å². The van der Waals surface area contributed by atoms with E-state index >= 15 is 0 Å². The molecule has 0 aliphatic heterocycles. The van der Waals surface area contributed by atoms with Crippen LogP contribution in [-0.2, 0) is 0 Å². The fourth-order valence-electron chi connectivity index (χ4n) is 3.64. The Hall–Kier alpha value is -3.12. The normalized spacial score (nSPS) is 11.3. The van der Waals surface area contributed by atoms with Crippen molar-refractivity contribution in [3.63, 3.8) is 0 Å². The van der Waals surface area contributed by atoms with Crippen LogP contribution in [0.2, 0.25) is 0 Å². The largest absolute Gasteiger partial charge is 0.0622 e. The molecule has 0 nitrogen and oxygen atoms in total. The van der Waals surface area contributed by atoms with Crippen molar-refractivity contribution >= 4 is 32.3 Å². The number of fused-ring (bicyclic) bond motifs is 5. The summed E-state index contributed by atoms with van der Waals surface area (Å²) in [7, 11) is 0. The summed E-state index contributed by atoms with van der Waals surface area (Å²) in [5, 5.41) is 7.91. The number of rotatable bonds is 1. The molecule has 0 aliphatic carbocycles. The molecule has 0 spiro atoms. The van der Waals surface area contributed by atoms with E-state index in [4.69, 9.17) is 0 Å². The molecule has 112 valence electrons. The third-order valence-electron chi connectivity index (χ3n) is 4.83. The van der Waals surface area contributed by atoms with Crippen LogP contribution in [0, 0.1) is 0 Å². The number of hydrogen-bond acceptors (Lipinski definition) is 0. The lowest BCUT2D eigenvalue weighted by molar-refractivity contribution is 1.66. The summed E-state index contributed by atoms with van der Waals surface area (Å²) in [5.41, 5.74) is 2.51. The third-order valence-corrected chi connectivity index (χ3v) is 4.83. The maximum Gasteiger partial charge on any atom is -0.00928 e. The maximum atomic E-state index is 2.33. The molecule has 0 unspecified atom stereocenters. The zero-order chi connectivity index (χ0) is 15.9. The van der Waals surface area contributed by atoms with Crippen LogP contribution >= 0.6 is 0 Å². The average molecular weight is 304 g/mol. The first-order chi connectivity index (χ1) is 11.9. The summed E-state index contributed by atoms with van der Waals surface area (Å²) in [6.07, 6.45) is 0. The van der Waals surface area contributed by atoms with Gasteiger partial charge in [0, 0.05) is 0 Å². The Balaban J connectivity index is 1.92. The molecular formula is C24H16. The van der Waals surface area contributed by atoms with Crippen molar-refractivity contribution in [3.8, 4) is 11.1 Å². The first-order valence-corrected chi connectivity index (χ1v) is 8.30. The van der Waals surface area contributed by atoms with Gasteiger partial charge in [-0.15, -0.1) is 0 Å². The second-order valence-corrected chi connectivity index (χ2v) is 6.25. The van der Waals surface area contributed by atoms with Crippen LogP contribution in [0.15, 0.2) is 97.1 Å². The van der Waals surface area contributed by atoms with Crippen molar-refractivity contribution in [2.24, 2.45) is 0 Å². The minimum absolute atomic E-state index is 1.25. The highest BCUT2D eigenvalue weighted by Gasteiger charge is 2.07. The molecule has 24 heavy (non-hydrogen) atoms. The number of hydrogen-bond donors (Lipinski definition) is 0. The molecule has 0 heterocycles. The molecule has 0 saturated carbocycles. The Morgan fingerprint density at radius 3 is 2.00 bits per heavy atom. The molecule has 5 rings (SSSR count). The smallest absolute Gasteiger partial charge is 0.00928 e. The first kappa shape index (κ1) is 13.3. The highest BCUT2D eigenvalue weighted by Crippen LogP contribution is 2.34. The van der Waals surface area contributed by atoms with Crippen LogP contribution in [0.1, 0.15) is 0 Å². The van der Waals surface area contributed by atoms with Crippen molar-refractivity contribution in [1.82, 2.24) is 0 Å². The molecule has 0 saturated heterocycles. The minimum Gasteiger partial charge on any atom is -0.0622 e. The molecule has 0 fully saturated rings. The topological polar surface area (TPSA) is 0 Å². The van der Waals surface area contributed by atoms with Gasteiger partial charge in [-0.25, -0.2) is 0 Å². The summed E-state index contributed by atoms with van der Waals surface area (Å²) in [6.45, 7) is 0. The van der Waals surface area contributed by atoms with E-state index in [0.717, 1.165) is 0 Å². The van der Waals surface area contributed by atoms with Gasteiger partial charge >= 0.3 is 0 Å². The molecule has 0 heteroatoms. The van der Waals surface area contributed by atoms with E-state index in [0.29, 0.717) is 0 Å². The Bertz CT molecular complexity index is 1180. The van der Waals surface area contributed by atoms with Gasteiger partial charge in [0.15, 0.2) is 0 Å². The van der Waals surface area contributed by atoms with E-state index in [2.05, 4.69) is 97.1 Å². The Morgan fingerprint density at radius 1 is 0.333 bits per heavy atom. The molecule has 0 N–H and O–H groups in total. The fourth-order valence-corrected chi connectivity index (χ4v) is 3.64. The standard InChI is InChI=1S/C24H16/c1-2-7-17(8-3-1)19-11-6-10-18-13-14-22-21-12-5-4-9-20(21)16-24(22)23(18)15-19/h1-16H. The van der Waals surface area contributed by atoms with Crippen molar-refractivity contribution in [2.75, 3.05) is 0 Å². The van der Waals surface area contributed by atoms with Crippen molar-refractivity contribution < 1.29 is 0 Å². The van der Waals surface area contributed by atoms with Gasteiger partial charge in [0.25, 0.3) is 0 Å².